The van der Waals surface area contributed by atoms with Gasteiger partial charge in [-0.1, -0.05) is 12.1 Å². The van der Waals surface area contributed by atoms with Crippen molar-refractivity contribution in [1.82, 2.24) is 5.32 Å². The number of carbonyl (C=O) groups is 1. The summed E-state index contributed by atoms with van der Waals surface area (Å²) in [7, 11) is 0. The van der Waals surface area contributed by atoms with Crippen LogP contribution in [0.2, 0.25) is 0 Å². The second kappa shape index (κ2) is 4.54. The zero-order chi connectivity index (χ0) is 8.85. The van der Waals surface area contributed by atoms with Crippen molar-refractivity contribution in [2.24, 2.45) is 10.9 Å². The van der Waals surface area contributed by atoms with Crippen molar-refractivity contribution in [1.29, 1.82) is 0 Å². The second-order valence-corrected chi connectivity index (χ2v) is 2.17. The lowest BCUT2D eigenvalue weighted by Gasteiger charge is -2.10. The number of nitrogens with one attached hydrogen (secondary N) is 1. The van der Waals surface area contributed by atoms with Gasteiger partial charge in [-0.25, -0.2) is 0 Å². The van der Waals surface area contributed by atoms with Gasteiger partial charge in [0.05, 0.1) is 6.04 Å². The smallest absolute Gasteiger partial charge is 0.220 e. The first-order valence-electron chi connectivity index (χ1n) is 3.38. The monoisotopic (exact) mass is 159 g/mol. The lowest BCUT2D eigenvalue weighted by molar-refractivity contribution is -0.121. The van der Waals surface area contributed by atoms with Crippen molar-refractivity contribution < 1.29 is 10.0 Å². The van der Waals surface area contributed by atoms with Crippen molar-refractivity contribution in [3.8, 4) is 0 Å². The molecule has 0 aromatic rings. The fraction of sp³-hybridized carbons (Fsp3) is 0.667. The predicted molar refractivity (Wildman–Crippen MR) is 41.3 cm³/mol. The van der Waals surface area contributed by atoms with Crippen molar-refractivity contribution >= 4 is 11.7 Å². The Labute approximate surface area is 65.3 Å². The Morgan fingerprint density at radius 1 is 1.82 bits per heavy atom. The average Bonchev–Trinajstić information content (AvgIpc) is 2.02. The molecule has 0 rings (SSSR count). The standard InChI is InChI=1S/C6H13N3O2/c1-3-5(10)8-4(2)6(7)9-11/h4,11H,3H2,1-2H3,(H2,7,9)(H,8,10). The van der Waals surface area contributed by atoms with E-state index in [2.05, 4.69) is 10.5 Å². The van der Waals surface area contributed by atoms with Crippen molar-refractivity contribution in [3.05, 3.63) is 0 Å². The molecule has 0 fully saturated rings. The maximum absolute atomic E-state index is 10.7. The summed E-state index contributed by atoms with van der Waals surface area (Å²) in [5.74, 6) is -0.115. The molecule has 0 aromatic heterocycles. The number of amides is 1. The lowest BCUT2D eigenvalue weighted by atomic mass is 10.3. The van der Waals surface area contributed by atoms with Gasteiger partial charge in [0, 0.05) is 6.42 Å². The summed E-state index contributed by atoms with van der Waals surface area (Å²) in [5.41, 5.74) is 5.20. The molecule has 0 spiro atoms. The molecular formula is C6H13N3O2. The van der Waals surface area contributed by atoms with Crippen LogP contribution in [0.3, 0.4) is 0 Å². The van der Waals surface area contributed by atoms with Gasteiger partial charge in [-0.3, -0.25) is 4.79 Å². The molecule has 4 N–H and O–H groups in total. The third-order valence-corrected chi connectivity index (χ3v) is 1.26. The van der Waals surface area contributed by atoms with E-state index < -0.39 is 6.04 Å². The van der Waals surface area contributed by atoms with Gasteiger partial charge in [0.25, 0.3) is 0 Å². The Morgan fingerprint density at radius 3 is 2.73 bits per heavy atom. The van der Waals surface area contributed by atoms with Crippen LogP contribution in [0.5, 0.6) is 0 Å². The van der Waals surface area contributed by atoms with E-state index in [0.29, 0.717) is 6.42 Å². The summed E-state index contributed by atoms with van der Waals surface area (Å²) in [6, 6.07) is -0.410. The summed E-state index contributed by atoms with van der Waals surface area (Å²) in [6.07, 6.45) is 0.392. The van der Waals surface area contributed by atoms with E-state index >= 15 is 0 Å². The molecule has 0 bridgehead atoms. The van der Waals surface area contributed by atoms with Crippen LogP contribution in [-0.2, 0) is 4.79 Å². The first kappa shape index (κ1) is 9.74. The van der Waals surface area contributed by atoms with Crippen LogP contribution in [0.15, 0.2) is 5.16 Å². The maximum Gasteiger partial charge on any atom is 0.220 e. The third kappa shape index (κ3) is 3.44. The largest absolute Gasteiger partial charge is 0.409 e. The number of rotatable bonds is 3. The summed E-state index contributed by atoms with van der Waals surface area (Å²) >= 11 is 0. The van der Waals surface area contributed by atoms with Gasteiger partial charge >= 0.3 is 0 Å². The number of nitrogens with zero attached hydrogens (tertiary/aromatic N) is 1. The molecule has 0 aliphatic heterocycles. The number of hydrogen-bond acceptors (Lipinski definition) is 3. The molecule has 5 heteroatoms. The molecule has 1 atom stereocenters. The van der Waals surface area contributed by atoms with Crippen LogP contribution < -0.4 is 11.1 Å². The van der Waals surface area contributed by atoms with Crippen molar-refractivity contribution in [3.63, 3.8) is 0 Å². The van der Waals surface area contributed by atoms with Gasteiger partial charge in [-0.2, -0.15) is 0 Å². The van der Waals surface area contributed by atoms with Gasteiger partial charge in [0.1, 0.15) is 0 Å². The minimum Gasteiger partial charge on any atom is -0.409 e. The van der Waals surface area contributed by atoms with E-state index in [4.69, 9.17) is 10.9 Å². The normalized spacial score (nSPS) is 14.2. The first-order valence-corrected chi connectivity index (χ1v) is 3.38. The molecule has 1 amide bonds. The van der Waals surface area contributed by atoms with Gasteiger partial charge in [0.2, 0.25) is 5.91 Å². The molecule has 0 heterocycles. The maximum atomic E-state index is 10.7. The SMILES string of the molecule is CCC(=O)NC(C)/C(N)=N/O. The Morgan fingerprint density at radius 2 is 2.36 bits per heavy atom. The van der Waals surface area contributed by atoms with E-state index in [1.807, 2.05) is 0 Å². The fourth-order valence-corrected chi connectivity index (χ4v) is 0.504. The van der Waals surface area contributed by atoms with Gasteiger partial charge in [0.15, 0.2) is 5.84 Å². The summed E-state index contributed by atoms with van der Waals surface area (Å²) in [4.78, 5) is 10.7. The van der Waals surface area contributed by atoms with Crippen LogP contribution in [0.4, 0.5) is 0 Å². The van der Waals surface area contributed by atoms with E-state index in [9.17, 15) is 4.79 Å². The molecular weight excluding hydrogens is 146 g/mol. The summed E-state index contributed by atoms with van der Waals surface area (Å²) < 4.78 is 0. The number of carbonyl (C=O) groups excluding carboxylic acids is 1. The quantitative estimate of drug-likeness (QED) is 0.227. The van der Waals surface area contributed by atoms with Crippen molar-refractivity contribution in [2.45, 2.75) is 26.3 Å². The van der Waals surface area contributed by atoms with Crippen LogP contribution in [0, 0.1) is 0 Å². The molecule has 0 aromatic carbocycles. The molecule has 0 saturated heterocycles. The average molecular weight is 159 g/mol. The number of oxime groups is 1. The topological polar surface area (TPSA) is 87.7 Å². The Hall–Kier alpha value is -1.26. The van der Waals surface area contributed by atoms with Gasteiger partial charge in [-0.15, -0.1) is 0 Å². The molecule has 1 unspecified atom stereocenters. The highest BCUT2D eigenvalue weighted by atomic mass is 16.4. The minimum absolute atomic E-state index is 0.00630. The van der Waals surface area contributed by atoms with E-state index in [-0.39, 0.29) is 11.7 Å². The van der Waals surface area contributed by atoms with E-state index in [1.54, 1.807) is 13.8 Å². The third-order valence-electron chi connectivity index (χ3n) is 1.26. The Bertz CT molecular complexity index is 167. The van der Waals surface area contributed by atoms with Crippen LogP contribution in [0.1, 0.15) is 20.3 Å². The Kier molecular flexibility index (Phi) is 4.02. The van der Waals surface area contributed by atoms with Crippen LogP contribution in [0.25, 0.3) is 0 Å². The molecule has 0 radical (unpaired) electrons. The van der Waals surface area contributed by atoms with Crippen LogP contribution in [-0.4, -0.2) is 23.0 Å². The van der Waals surface area contributed by atoms with Crippen molar-refractivity contribution in [2.75, 3.05) is 0 Å². The van der Waals surface area contributed by atoms with E-state index in [0.717, 1.165) is 0 Å². The molecule has 0 saturated carbocycles. The molecule has 0 aliphatic rings. The fourth-order valence-electron chi connectivity index (χ4n) is 0.504. The molecule has 64 valence electrons. The first-order chi connectivity index (χ1) is 5.11. The zero-order valence-corrected chi connectivity index (χ0v) is 6.66. The minimum atomic E-state index is -0.410. The highest BCUT2D eigenvalue weighted by Gasteiger charge is 2.08. The zero-order valence-electron chi connectivity index (χ0n) is 6.66. The molecule has 0 aliphatic carbocycles. The highest BCUT2D eigenvalue weighted by Crippen LogP contribution is 1.83. The van der Waals surface area contributed by atoms with E-state index in [1.165, 1.54) is 0 Å². The van der Waals surface area contributed by atoms with Gasteiger partial charge in [-0.05, 0) is 6.92 Å². The molecule has 11 heavy (non-hydrogen) atoms. The van der Waals surface area contributed by atoms with Crippen LogP contribution >= 0.6 is 0 Å². The lowest BCUT2D eigenvalue weighted by Crippen LogP contribution is -2.42. The van der Waals surface area contributed by atoms with Gasteiger partial charge < -0.3 is 16.3 Å². The highest BCUT2D eigenvalue weighted by molar-refractivity contribution is 5.89. The summed E-state index contributed by atoms with van der Waals surface area (Å²) in [6.45, 7) is 3.37. The Balaban J connectivity index is 3.87. The number of nitrogens with two attached hydrogens (primary N) is 1. The second-order valence-electron chi connectivity index (χ2n) is 2.17. The number of amidine groups is 1. The summed E-state index contributed by atoms with van der Waals surface area (Å²) in [5, 5.41) is 13.5. The molecule has 5 nitrogen and oxygen atoms in total. The predicted octanol–water partition coefficient (Wildman–Crippen LogP) is -0.352. The number of hydrogen-bond donors (Lipinski definition) is 3.